The molecule has 0 bridgehead atoms. The van der Waals surface area contributed by atoms with Gasteiger partial charge in [-0.2, -0.15) is 0 Å². The molecule has 1 aliphatic carbocycles. The predicted octanol–water partition coefficient (Wildman–Crippen LogP) is 3.08. The normalized spacial score (nSPS) is 14.8. The van der Waals surface area contributed by atoms with Gasteiger partial charge in [-0.05, 0) is 22.3 Å². The Morgan fingerprint density at radius 1 is 1.11 bits per heavy atom. The minimum Gasteiger partial charge on any atom is -0.449 e. The summed E-state index contributed by atoms with van der Waals surface area (Å²) in [6.07, 6.45) is -2.95. The molecular formula is C21H20N2O4S. The number of fused-ring (bicyclic) bond motifs is 3. The smallest absolute Gasteiger partial charge is 0.407 e. The molecule has 0 saturated heterocycles. The van der Waals surface area contributed by atoms with Crippen molar-refractivity contribution in [1.82, 2.24) is 10.3 Å². The molecule has 144 valence electrons. The van der Waals surface area contributed by atoms with Crippen LogP contribution in [0.4, 0.5) is 4.79 Å². The number of nitrogens with zero attached hydrogens (tertiary/aromatic N) is 1. The van der Waals surface area contributed by atoms with Crippen LogP contribution >= 0.6 is 11.3 Å². The molecule has 2 aromatic carbocycles. The molecule has 2 atom stereocenters. The third-order valence-electron chi connectivity index (χ3n) is 4.92. The lowest BCUT2D eigenvalue weighted by atomic mass is 9.98. The molecule has 0 saturated carbocycles. The van der Waals surface area contributed by atoms with E-state index in [1.54, 1.807) is 10.9 Å². The van der Waals surface area contributed by atoms with Crippen molar-refractivity contribution in [3.05, 3.63) is 76.2 Å². The van der Waals surface area contributed by atoms with E-state index in [4.69, 9.17) is 4.74 Å². The minimum absolute atomic E-state index is 0.0244. The number of aliphatic hydroxyl groups excluding tert-OH is 2. The summed E-state index contributed by atoms with van der Waals surface area (Å²) in [7, 11) is 0. The highest BCUT2D eigenvalue weighted by Crippen LogP contribution is 2.44. The van der Waals surface area contributed by atoms with E-state index in [0.717, 1.165) is 22.3 Å². The summed E-state index contributed by atoms with van der Waals surface area (Å²) in [5, 5.41) is 24.2. The Labute approximate surface area is 166 Å². The fourth-order valence-corrected chi connectivity index (χ4v) is 4.10. The number of benzene rings is 2. The monoisotopic (exact) mass is 396 g/mol. The number of alkyl carbamates (subject to hydrolysis) is 1. The molecule has 1 heterocycles. The molecule has 0 spiro atoms. The van der Waals surface area contributed by atoms with Crippen LogP contribution in [-0.2, 0) is 4.74 Å². The third-order valence-corrected chi connectivity index (χ3v) is 5.52. The topological polar surface area (TPSA) is 91.7 Å². The number of thiazole rings is 1. The van der Waals surface area contributed by atoms with Crippen LogP contribution in [0.2, 0.25) is 0 Å². The van der Waals surface area contributed by atoms with Crippen molar-refractivity contribution < 1.29 is 19.7 Å². The number of ether oxygens (including phenoxy) is 1. The maximum Gasteiger partial charge on any atom is 0.407 e. The zero-order valence-electron chi connectivity index (χ0n) is 15.0. The number of carbonyl (C=O) groups is 1. The summed E-state index contributed by atoms with van der Waals surface area (Å²) in [5.41, 5.74) is 6.55. The van der Waals surface area contributed by atoms with E-state index in [9.17, 15) is 15.0 Å². The lowest BCUT2D eigenvalue weighted by Crippen LogP contribution is -2.36. The highest BCUT2D eigenvalue weighted by Gasteiger charge is 2.29. The van der Waals surface area contributed by atoms with Crippen LogP contribution in [0, 0.1) is 0 Å². The van der Waals surface area contributed by atoms with E-state index in [-0.39, 0.29) is 19.1 Å². The van der Waals surface area contributed by atoms with E-state index < -0.39 is 18.3 Å². The van der Waals surface area contributed by atoms with Gasteiger partial charge in [0.1, 0.15) is 18.8 Å². The molecule has 0 aliphatic heterocycles. The molecule has 6 nitrogen and oxygen atoms in total. The average molecular weight is 396 g/mol. The van der Waals surface area contributed by atoms with Gasteiger partial charge in [-0.15, -0.1) is 11.3 Å². The van der Waals surface area contributed by atoms with Crippen molar-refractivity contribution in [2.45, 2.75) is 18.1 Å². The second-order valence-corrected chi connectivity index (χ2v) is 7.35. The molecule has 0 radical (unpaired) electrons. The van der Waals surface area contributed by atoms with Gasteiger partial charge < -0.3 is 20.3 Å². The maximum absolute atomic E-state index is 12.1. The molecule has 28 heavy (non-hydrogen) atoms. The van der Waals surface area contributed by atoms with Crippen molar-refractivity contribution in [3.8, 4) is 11.1 Å². The number of hydrogen-bond donors (Lipinski definition) is 3. The lowest BCUT2D eigenvalue weighted by Gasteiger charge is -2.18. The van der Waals surface area contributed by atoms with Gasteiger partial charge in [-0.25, -0.2) is 9.78 Å². The number of aromatic nitrogens is 1. The van der Waals surface area contributed by atoms with Gasteiger partial charge >= 0.3 is 6.09 Å². The number of hydrogen-bond acceptors (Lipinski definition) is 6. The lowest BCUT2D eigenvalue weighted by molar-refractivity contribution is 0.0164. The van der Waals surface area contributed by atoms with E-state index in [0.29, 0.717) is 5.69 Å². The Hall–Kier alpha value is -2.74. The van der Waals surface area contributed by atoms with Crippen LogP contribution in [0.25, 0.3) is 11.1 Å². The molecule has 1 amide bonds. The van der Waals surface area contributed by atoms with Gasteiger partial charge in [0.25, 0.3) is 0 Å². The first kappa shape index (κ1) is 18.6. The second kappa shape index (κ2) is 8.10. The van der Waals surface area contributed by atoms with E-state index in [1.807, 2.05) is 24.3 Å². The van der Waals surface area contributed by atoms with Crippen molar-refractivity contribution in [1.29, 1.82) is 0 Å². The molecule has 1 aliphatic rings. The Balaban J connectivity index is 1.35. The zero-order valence-corrected chi connectivity index (χ0v) is 15.8. The second-order valence-electron chi connectivity index (χ2n) is 6.63. The number of carbonyl (C=O) groups excluding carboxylic acids is 1. The van der Waals surface area contributed by atoms with Gasteiger partial charge in [-0.3, -0.25) is 0 Å². The fraction of sp³-hybridized carbons (Fsp3) is 0.238. The van der Waals surface area contributed by atoms with Crippen molar-refractivity contribution in [2.24, 2.45) is 0 Å². The highest BCUT2D eigenvalue weighted by molar-refractivity contribution is 7.07. The van der Waals surface area contributed by atoms with Gasteiger partial charge in [-0.1, -0.05) is 48.5 Å². The maximum atomic E-state index is 12.1. The van der Waals surface area contributed by atoms with E-state index in [2.05, 4.69) is 34.6 Å². The standard InChI is InChI=1S/C21H20N2O4S/c24-19(20(25)18-11-28-12-23-18)9-22-21(26)27-10-17-15-7-3-1-5-13(15)14-6-2-4-8-16(14)17/h1-8,11-12,17,19-20,24-25H,9-10H2,(H,22,26). The number of nitrogens with one attached hydrogen (secondary N) is 1. The molecule has 1 aromatic heterocycles. The summed E-state index contributed by atoms with van der Waals surface area (Å²) in [5.74, 6) is -0.0244. The molecule has 4 rings (SSSR count). The summed E-state index contributed by atoms with van der Waals surface area (Å²) < 4.78 is 5.40. The van der Waals surface area contributed by atoms with Crippen LogP contribution in [0.15, 0.2) is 59.4 Å². The zero-order chi connectivity index (χ0) is 19.5. The number of rotatable bonds is 6. The van der Waals surface area contributed by atoms with Crippen LogP contribution in [-0.4, -0.2) is 40.5 Å². The summed E-state index contributed by atoms with van der Waals surface area (Å²) >= 11 is 1.33. The average Bonchev–Trinajstić information content (AvgIpc) is 3.37. The van der Waals surface area contributed by atoms with E-state index in [1.165, 1.54) is 11.3 Å². The summed E-state index contributed by atoms with van der Waals surface area (Å²) in [6, 6.07) is 16.2. The van der Waals surface area contributed by atoms with Crippen molar-refractivity contribution in [3.63, 3.8) is 0 Å². The first-order chi connectivity index (χ1) is 13.6. The summed E-state index contributed by atoms with van der Waals surface area (Å²) in [6.45, 7) is 0.0694. The van der Waals surface area contributed by atoms with Crippen molar-refractivity contribution in [2.75, 3.05) is 13.2 Å². The predicted molar refractivity (Wildman–Crippen MR) is 106 cm³/mol. The summed E-state index contributed by atoms with van der Waals surface area (Å²) in [4.78, 5) is 16.1. The Bertz CT molecular complexity index is 915. The van der Waals surface area contributed by atoms with Gasteiger partial charge in [0, 0.05) is 17.8 Å². The van der Waals surface area contributed by atoms with Crippen LogP contribution in [0.3, 0.4) is 0 Å². The van der Waals surface area contributed by atoms with Crippen LogP contribution in [0.5, 0.6) is 0 Å². The fourth-order valence-electron chi connectivity index (χ4n) is 3.51. The van der Waals surface area contributed by atoms with Gasteiger partial charge in [0.05, 0.1) is 11.2 Å². The first-order valence-electron chi connectivity index (χ1n) is 8.98. The Kier molecular flexibility index (Phi) is 5.38. The Morgan fingerprint density at radius 2 is 1.75 bits per heavy atom. The van der Waals surface area contributed by atoms with Crippen LogP contribution < -0.4 is 5.32 Å². The first-order valence-corrected chi connectivity index (χ1v) is 9.92. The third kappa shape index (κ3) is 3.64. The van der Waals surface area contributed by atoms with E-state index >= 15 is 0 Å². The molecule has 2 unspecified atom stereocenters. The Morgan fingerprint density at radius 3 is 2.36 bits per heavy atom. The quantitative estimate of drug-likeness (QED) is 0.596. The minimum atomic E-state index is -1.16. The SMILES string of the molecule is O=C(NCC(O)C(O)c1cscn1)OCC1c2ccccc2-c2ccccc21. The largest absolute Gasteiger partial charge is 0.449 e. The molecule has 0 fully saturated rings. The highest BCUT2D eigenvalue weighted by atomic mass is 32.1. The van der Waals surface area contributed by atoms with Gasteiger partial charge in [0.15, 0.2) is 0 Å². The van der Waals surface area contributed by atoms with Crippen LogP contribution in [0.1, 0.15) is 28.8 Å². The van der Waals surface area contributed by atoms with Crippen molar-refractivity contribution >= 4 is 17.4 Å². The number of amides is 1. The molecule has 3 aromatic rings. The molecule has 3 N–H and O–H groups in total. The van der Waals surface area contributed by atoms with Gasteiger partial charge in [0.2, 0.25) is 0 Å². The molecular weight excluding hydrogens is 376 g/mol. The molecule has 7 heteroatoms. The number of aliphatic hydroxyl groups is 2.